The van der Waals surface area contributed by atoms with Crippen LogP contribution in [-0.4, -0.2) is 55.9 Å². The van der Waals surface area contributed by atoms with Crippen LogP contribution in [0.3, 0.4) is 0 Å². The third-order valence-corrected chi connectivity index (χ3v) is 4.41. The summed E-state index contributed by atoms with van der Waals surface area (Å²) in [5.41, 5.74) is 1.15. The van der Waals surface area contributed by atoms with Crippen molar-refractivity contribution in [1.29, 1.82) is 0 Å². The third kappa shape index (κ3) is 3.97. The summed E-state index contributed by atoms with van der Waals surface area (Å²) in [4.78, 5) is 9.07. The standard InChI is InChI=1S/C16H26N6O/c1-12(2)22-8-5-14(18-22)9-21-7-6-15(10-21)20(4)11-16-17-13(3)23-19-16/h5,8,12,15H,6-7,9-11H2,1-4H3/t15-/m1/s1. The largest absolute Gasteiger partial charge is 0.340 e. The van der Waals surface area contributed by atoms with Crippen molar-refractivity contribution < 1.29 is 4.52 Å². The van der Waals surface area contributed by atoms with Crippen LogP contribution >= 0.6 is 0 Å². The lowest BCUT2D eigenvalue weighted by atomic mass is 10.2. The minimum Gasteiger partial charge on any atom is -0.340 e. The molecule has 1 fully saturated rings. The van der Waals surface area contributed by atoms with Crippen molar-refractivity contribution in [2.24, 2.45) is 0 Å². The van der Waals surface area contributed by atoms with Crippen LogP contribution in [0.4, 0.5) is 0 Å². The molecule has 0 saturated carbocycles. The van der Waals surface area contributed by atoms with Gasteiger partial charge >= 0.3 is 0 Å². The number of hydrogen-bond acceptors (Lipinski definition) is 6. The van der Waals surface area contributed by atoms with E-state index in [9.17, 15) is 0 Å². The molecule has 7 nitrogen and oxygen atoms in total. The Morgan fingerprint density at radius 3 is 2.91 bits per heavy atom. The van der Waals surface area contributed by atoms with E-state index < -0.39 is 0 Å². The molecule has 0 aromatic carbocycles. The summed E-state index contributed by atoms with van der Waals surface area (Å²) in [6.45, 7) is 9.94. The zero-order valence-corrected chi connectivity index (χ0v) is 14.4. The molecule has 0 bridgehead atoms. The van der Waals surface area contributed by atoms with Gasteiger partial charge in [0, 0.05) is 44.8 Å². The monoisotopic (exact) mass is 318 g/mol. The van der Waals surface area contributed by atoms with Crippen molar-refractivity contribution >= 4 is 0 Å². The smallest absolute Gasteiger partial charge is 0.223 e. The Labute approximate surface area is 137 Å². The van der Waals surface area contributed by atoms with E-state index in [2.05, 4.69) is 58.2 Å². The van der Waals surface area contributed by atoms with Gasteiger partial charge in [-0.15, -0.1) is 0 Å². The van der Waals surface area contributed by atoms with Crippen molar-refractivity contribution in [3.8, 4) is 0 Å². The summed E-state index contributed by atoms with van der Waals surface area (Å²) in [6.07, 6.45) is 3.23. The number of nitrogens with zero attached hydrogens (tertiary/aromatic N) is 6. The van der Waals surface area contributed by atoms with Gasteiger partial charge in [-0.05, 0) is 33.4 Å². The van der Waals surface area contributed by atoms with E-state index in [4.69, 9.17) is 4.52 Å². The number of rotatable bonds is 6. The first-order chi connectivity index (χ1) is 11.0. The van der Waals surface area contributed by atoms with Gasteiger partial charge in [0.2, 0.25) is 5.89 Å². The summed E-state index contributed by atoms with van der Waals surface area (Å²) in [5, 5.41) is 8.62. The molecule has 0 radical (unpaired) electrons. The average Bonchev–Trinajstić information content (AvgIpc) is 3.21. The zero-order chi connectivity index (χ0) is 16.4. The van der Waals surface area contributed by atoms with E-state index in [1.807, 2.05) is 11.6 Å². The molecule has 2 aromatic rings. The number of likely N-dealkylation sites (tertiary alicyclic amines) is 1. The number of likely N-dealkylation sites (N-methyl/N-ethyl adjacent to an activating group) is 1. The summed E-state index contributed by atoms with van der Waals surface area (Å²) in [7, 11) is 2.13. The van der Waals surface area contributed by atoms with Crippen LogP contribution in [0.15, 0.2) is 16.8 Å². The van der Waals surface area contributed by atoms with E-state index in [1.165, 1.54) is 0 Å². The maximum atomic E-state index is 5.04. The van der Waals surface area contributed by atoms with Crippen LogP contribution in [0.5, 0.6) is 0 Å². The Balaban J connectivity index is 1.51. The highest BCUT2D eigenvalue weighted by molar-refractivity contribution is 5.00. The molecule has 0 aliphatic carbocycles. The first-order valence-electron chi connectivity index (χ1n) is 8.27. The minimum atomic E-state index is 0.416. The molecule has 0 N–H and O–H groups in total. The lowest BCUT2D eigenvalue weighted by Crippen LogP contribution is -2.34. The molecule has 3 heterocycles. The van der Waals surface area contributed by atoms with Gasteiger partial charge in [0.05, 0.1) is 12.2 Å². The van der Waals surface area contributed by atoms with Crippen LogP contribution in [0.1, 0.15) is 43.7 Å². The molecular formula is C16H26N6O. The number of hydrogen-bond donors (Lipinski definition) is 0. The Morgan fingerprint density at radius 2 is 2.26 bits per heavy atom. The molecule has 0 amide bonds. The molecule has 126 valence electrons. The van der Waals surface area contributed by atoms with Gasteiger partial charge in [-0.3, -0.25) is 14.5 Å². The molecule has 23 heavy (non-hydrogen) atoms. The van der Waals surface area contributed by atoms with Crippen LogP contribution in [-0.2, 0) is 13.1 Å². The minimum absolute atomic E-state index is 0.416. The molecule has 1 aliphatic rings. The molecule has 1 atom stereocenters. The highest BCUT2D eigenvalue weighted by Crippen LogP contribution is 2.18. The Morgan fingerprint density at radius 1 is 1.43 bits per heavy atom. The van der Waals surface area contributed by atoms with Crippen LogP contribution in [0.2, 0.25) is 0 Å². The average molecular weight is 318 g/mol. The summed E-state index contributed by atoms with van der Waals surface area (Å²) < 4.78 is 7.06. The van der Waals surface area contributed by atoms with Gasteiger partial charge in [-0.2, -0.15) is 10.1 Å². The number of aryl methyl sites for hydroxylation is 1. The first-order valence-corrected chi connectivity index (χ1v) is 8.27. The second kappa shape index (κ2) is 6.80. The molecule has 0 spiro atoms. The van der Waals surface area contributed by atoms with E-state index in [1.54, 1.807) is 0 Å². The van der Waals surface area contributed by atoms with Crippen molar-refractivity contribution in [2.75, 3.05) is 20.1 Å². The lowest BCUT2D eigenvalue weighted by molar-refractivity contribution is 0.215. The summed E-state index contributed by atoms with van der Waals surface area (Å²) in [5.74, 6) is 1.39. The Kier molecular flexibility index (Phi) is 4.77. The van der Waals surface area contributed by atoms with Gasteiger partial charge in [0.1, 0.15) is 0 Å². The molecule has 3 rings (SSSR count). The maximum absolute atomic E-state index is 5.04. The lowest BCUT2D eigenvalue weighted by Gasteiger charge is -2.23. The fraction of sp³-hybridized carbons (Fsp3) is 0.688. The van der Waals surface area contributed by atoms with Gasteiger partial charge in [0.15, 0.2) is 5.82 Å². The zero-order valence-electron chi connectivity index (χ0n) is 14.4. The van der Waals surface area contributed by atoms with E-state index in [-0.39, 0.29) is 0 Å². The fourth-order valence-electron chi connectivity index (χ4n) is 3.05. The maximum Gasteiger partial charge on any atom is 0.223 e. The highest BCUT2D eigenvalue weighted by Gasteiger charge is 2.26. The molecule has 1 saturated heterocycles. The molecule has 1 aliphatic heterocycles. The van der Waals surface area contributed by atoms with Crippen LogP contribution in [0.25, 0.3) is 0 Å². The third-order valence-electron chi connectivity index (χ3n) is 4.41. The topological polar surface area (TPSA) is 63.2 Å². The van der Waals surface area contributed by atoms with Gasteiger partial charge in [-0.25, -0.2) is 0 Å². The Hall–Kier alpha value is -1.73. The summed E-state index contributed by atoms with van der Waals surface area (Å²) in [6, 6.07) is 3.07. The van der Waals surface area contributed by atoms with Crippen LogP contribution < -0.4 is 0 Å². The normalized spacial score (nSPS) is 19.3. The van der Waals surface area contributed by atoms with Gasteiger partial charge < -0.3 is 4.52 Å². The van der Waals surface area contributed by atoms with Crippen molar-refractivity contribution in [3.63, 3.8) is 0 Å². The molecule has 2 aromatic heterocycles. The molecular weight excluding hydrogens is 292 g/mol. The Bertz CT molecular complexity index is 634. The molecule has 0 unspecified atom stereocenters. The second-order valence-corrected chi connectivity index (χ2v) is 6.70. The summed E-state index contributed by atoms with van der Waals surface area (Å²) >= 11 is 0. The van der Waals surface area contributed by atoms with Crippen LogP contribution in [0, 0.1) is 6.92 Å². The van der Waals surface area contributed by atoms with Crippen molar-refractivity contribution in [2.45, 2.75) is 52.4 Å². The van der Waals surface area contributed by atoms with E-state index in [0.717, 1.165) is 44.1 Å². The SMILES string of the molecule is Cc1nc(CN(C)[C@@H]2CCN(Cc3ccn(C(C)C)n3)C2)no1. The van der Waals surface area contributed by atoms with Gasteiger partial charge in [-0.1, -0.05) is 5.16 Å². The first kappa shape index (κ1) is 16.1. The highest BCUT2D eigenvalue weighted by atomic mass is 16.5. The predicted octanol–water partition coefficient (Wildman–Crippen LogP) is 1.86. The fourth-order valence-corrected chi connectivity index (χ4v) is 3.05. The van der Waals surface area contributed by atoms with Crippen molar-refractivity contribution in [3.05, 3.63) is 29.7 Å². The van der Waals surface area contributed by atoms with E-state index in [0.29, 0.717) is 18.0 Å². The predicted molar refractivity (Wildman–Crippen MR) is 86.8 cm³/mol. The quantitative estimate of drug-likeness (QED) is 0.810. The van der Waals surface area contributed by atoms with Crippen molar-refractivity contribution in [1.82, 2.24) is 29.7 Å². The number of aromatic nitrogens is 4. The van der Waals surface area contributed by atoms with E-state index >= 15 is 0 Å². The second-order valence-electron chi connectivity index (χ2n) is 6.70. The molecule has 7 heteroatoms. The van der Waals surface area contributed by atoms with Gasteiger partial charge in [0.25, 0.3) is 0 Å².